The number of benzene rings is 3. The SMILES string of the molecule is CC1=C(C(=O)O)C(c2ccc3ccccc3c2)NC(=O)N1CCOC(=O)c1ccccc1. The second-order valence-electron chi connectivity index (χ2n) is 7.45. The van der Waals surface area contributed by atoms with E-state index in [-0.39, 0.29) is 18.7 Å². The number of hydrogen-bond donors (Lipinski definition) is 2. The number of nitrogens with one attached hydrogen (secondary N) is 1. The van der Waals surface area contributed by atoms with E-state index >= 15 is 0 Å². The number of amides is 2. The van der Waals surface area contributed by atoms with Crippen LogP contribution in [0, 0.1) is 0 Å². The molecule has 0 saturated carbocycles. The molecule has 162 valence electrons. The quantitative estimate of drug-likeness (QED) is 0.574. The second-order valence-corrected chi connectivity index (χ2v) is 7.45. The summed E-state index contributed by atoms with van der Waals surface area (Å²) in [6, 6.07) is 20.6. The number of hydrogen-bond acceptors (Lipinski definition) is 4. The molecule has 1 atom stereocenters. The highest BCUT2D eigenvalue weighted by molar-refractivity contribution is 5.94. The lowest BCUT2D eigenvalue weighted by atomic mass is 9.93. The maximum atomic E-state index is 12.8. The molecule has 7 nitrogen and oxygen atoms in total. The summed E-state index contributed by atoms with van der Waals surface area (Å²) in [7, 11) is 0. The first kappa shape index (κ1) is 21.1. The van der Waals surface area contributed by atoms with Crippen molar-refractivity contribution in [1.29, 1.82) is 0 Å². The number of carbonyl (C=O) groups excluding carboxylic acids is 2. The van der Waals surface area contributed by atoms with Gasteiger partial charge in [0.25, 0.3) is 0 Å². The molecule has 0 bridgehead atoms. The van der Waals surface area contributed by atoms with Crippen LogP contribution in [0.1, 0.15) is 28.9 Å². The van der Waals surface area contributed by atoms with Crippen molar-refractivity contribution in [3.05, 3.63) is 95.2 Å². The third kappa shape index (κ3) is 4.18. The molecule has 3 aromatic rings. The lowest BCUT2D eigenvalue weighted by Crippen LogP contribution is -2.48. The maximum absolute atomic E-state index is 12.8. The number of aliphatic carboxylic acids is 1. The summed E-state index contributed by atoms with van der Waals surface area (Å²) >= 11 is 0. The highest BCUT2D eigenvalue weighted by Gasteiger charge is 2.35. The van der Waals surface area contributed by atoms with Crippen molar-refractivity contribution in [3.63, 3.8) is 0 Å². The summed E-state index contributed by atoms with van der Waals surface area (Å²) in [5, 5.41) is 14.7. The van der Waals surface area contributed by atoms with Gasteiger partial charge in [0.1, 0.15) is 6.61 Å². The fourth-order valence-electron chi connectivity index (χ4n) is 3.85. The van der Waals surface area contributed by atoms with E-state index in [1.165, 1.54) is 4.90 Å². The zero-order valence-corrected chi connectivity index (χ0v) is 17.4. The molecular formula is C25H22N2O5. The van der Waals surface area contributed by atoms with Crippen molar-refractivity contribution in [2.75, 3.05) is 13.2 Å². The van der Waals surface area contributed by atoms with Gasteiger partial charge in [-0.15, -0.1) is 0 Å². The lowest BCUT2D eigenvalue weighted by molar-refractivity contribution is -0.133. The van der Waals surface area contributed by atoms with E-state index in [2.05, 4.69) is 5.32 Å². The number of ether oxygens (including phenoxy) is 1. The molecule has 0 radical (unpaired) electrons. The molecule has 1 unspecified atom stereocenters. The monoisotopic (exact) mass is 430 g/mol. The first-order valence-corrected chi connectivity index (χ1v) is 10.2. The molecule has 2 N–H and O–H groups in total. The Bertz CT molecular complexity index is 1220. The minimum Gasteiger partial charge on any atom is -0.478 e. The molecule has 2 amide bonds. The predicted molar refractivity (Wildman–Crippen MR) is 119 cm³/mol. The second kappa shape index (κ2) is 8.93. The van der Waals surface area contributed by atoms with Gasteiger partial charge in [-0.3, -0.25) is 4.90 Å². The van der Waals surface area contributed by atoms with Crippen LogP contribution in [-0.2, 0) is 9.53 Å². The van der Waals surface area contributed by atoms with Gasteiger partial charge in [0, 0.05) is 5.70 Å². The van der Waals surface area contributed by atoms with E-state index in [0.29, 0.717) is 16.8 Å². The Morgan fingerprint density at radius 3 is 2.41 bits per heavy atom. The number of urea groups is 1. The maximum Gasteiger partial charge on any atom is 0.338 e. The highest BCUT2D eigenvalue weighted by Crippen LogP contribution is 2.32. The molecule has 3 aromatic carbocycles. The molecule has 32 heavy (non-hydrogen) atoms. The first-order valence-electron chi connectivity index (χ1n) is 10.2. The predicted octanol–water partition coefficient (Wildman–Crippen LogP) is 4.12. The number of rotatable bonds is 6. The van der Waals surface area contributed by atoms with Gasteiger partial charge in [0.15, 0.2) is 0 Å². The fourth-order valence-corrected chi connectivity index (χ4v) is 3.85. The Kier molecular flexibility index (Phi) is 5.89. The largest absolute Gasteiger partial charge is 0.478 e. The van der Waals surface area contributed by atoms with Gasteiger partial charge in [0.2, 0.25) is 0 Å². The van der Waals surface area contributed by atoms with Crippen LogP contribution in [-0.4, -0.2) is 41.1 Å². The number of carboxylic acid groups (broad SMARTS) is 1. The van der Waals surface area contributed by atoms with Gasteiger partial charge in [-0.25, -0.2) is 14.4 Å². The molecule has 1 aliphatic rings. The molecule has 0 aliphatic carbocycles. The Hall–Kier alpha value is -4.13. The van der Waals surface area contributed by atoms with Gasteiger partial charge in [-0.05, 0) is 41.5 Å². The van der Waals surface area contributed by atoms with Crippen molar-refractivity contribution in [1.82, 2.24) is 10.2 Å². The summed E-state index contributed by atoms with van der Waals surface area (Å²) in [5.74, 6) is -1.62. The van der Waals surface area contributed by atoms with Crippen molar-refractivity contribution >= 4 is 28.7 Å². The van der Waals surface area contributed by atoms with Crippen LogP contribution >= 0.6 is 0 Å². The Labute approximate surface area is 184 Å². The molecule has 0 fully saturated rings. The molecule has 4 rings (SSSR count). The molecule has 1 aliphatic heterocycles. The Morgan fingerprint density at radius 1 is 1.00 bits per heavy atom. The van der Waals surface area contributed by atoms with Gasteiger partial charge in [0.05, 0.1) is 23.7 Å². The van der Waals surface area contributed by atoms with Crippen LogP contribution in [0.15, 0.2) is 84.1 Å². The van der Waals surface area contributed by atoms with E-state index in [0.717, 1.165) is 10.8 Å². The van der Waals surface area contributed by atoms with Crippen LogP contribution in [0.4, 0.5) is 4.79 Å². The first-order chi connectivity index (χ1) is 15.5. The summed E-state index contributed by atoms with van der Waals surface area (Å²) < 4.78 is 5.25. The summed E-state index contributed by atoms with van der Waals surface area (Å²) in [4.78, 5) is 38.3. The third-order valence-electron chi connectivity index (χ3n) is 5.49. The van der Waals surface area contributed by atoms with Crippen LogP contribution in [0.2, 0.25) is 0 Å². The molecule has 0 aromatic heterocycles. The van der Waals surface area contributed by atoms with Crippen molar-refractivity contribution in [2.24, 2.45) is 0 Å². The number of allylic oxidation sites excluding steroid dienone is 1. The van der Waals surface area contributed by atoms with Gasteiger partial charge < -0.3 is 15.2 Å². The Balaban J connectivity index is 1.55. The molecule has 0 spiro atoms. The molecule has 0 saturated heterocycles. The standard InChI is InChI=1S/C25H22N2O5/c1-16-21(23(28)29)22(20-12-11-17-7-5-6-10-19(17)15-20)26-25(31)27(16)13-14-32-24(30)18-8-3-2-4-9-18/h2-12,15,22H,13-14H2,1H3,(H,26,31)(H,28,29). The van der Waals surface area contributed by atoms with Crippen LogP contribution in [0.3, 0.4) is 0 Å². The van der Waals surface area contributed by atoms with Crippen molar-refractivity contribution in [2.45, 2.75) is 13.0 Å². The number of carboxylic acids is 1. The van der Waals surface area contributed by atoms with E-state index in [1.54, 1.807) is 37.3 Å². The van der Waals surface area contributed by atoms with Crippen molar-refractivity contribution < 1.29 is 24.2 Å². The number of nitrogens with zero attached hydrogens (tertiary/aromatic N) is 1. The van der Waals surface area contributed by atoms with Gasteiger partial charge in [-0.1, -0.05) is 54.6 Å². The van der Waals surface area contributed by atoms with Crippen molar-refractivity contribution in [3.8, 4) is 0 Å². The number of esters is 1. The van der Waals surface area contributed by atoms with E-state index in [9.17, 15) is 19.5 Å². The molecular weight excluding hydrogens is 408 g/mol. The smallest absolute Gasteiger partial charge is 0.338 e. The van der Waals surface area contributed by atoms with Gasteiger partial charge in [-0.2, -0.15) is 0 Å². The number of carbonyl (C=O) groups is 3. The topological polar surface area (TPSA) is 95.9 Å². The number of fused-ring (bicyclic) bond motifs is 1. The average Bonchev–Trinajstić information content (AvgIpc) is 2.80. The Morgan fingerprint density at radius 2 is 1.69 bits per heavy atom. The minimum atomic E-state index is -1.12. The van der Waals surface area contributed by atoms with Gasteiger partial charge >= 0.3 is 18.0 Å². The van der Waals surface area contributed by atoms with Crippen LogP contribution in [0.25, 0.3) is 10.8 Å². The van der Waals surface area contributed by atoms with Crippen LogP contribution in [0.5, 0.6) is 0 Å². The molecule has 7 heteroatoms. The normalized spacial score (nSPS) is 16.1. The minimum absolute atomic E-state index is 0.0391. The lowest BCUT2D eigenvalue weighted by Gasteiger charge is -2.34. The zero-order chi connectivity index (χ0) is 22.7. The zero-order valence-electron chi connectivity index (χ0n) is 17.4. The van der Waals surface area contributed by atoms with E-state index in [4.69, 9.17) is 4.74 Å². The summed E-state index contributed by atoms with van der Waals surface area (Å²) in [6.45, 7) is 1.57. The summed E-state index contributed by atoms with van der Waals surface area (Å²) in [6.07, 6.45) is 0. The average molecular weight is 430 g/mol. The highest BCUT2D eigenvalue weighted by atomic mass is 16.5. The van der Waals surface area contributed by atoms with E-state index in [1.807, 2.05) is 42.5 Å². The summed E-state index contributed by atoms with van der Waals surface area (Å²) in [5.41, 5.74) is 1.49. The molecule has 1 heterocycles. The fraction of sp³-hybridized carbons (Fsp3) is 0.160. The third-order valence-corrected chi connectivity index (χ3v) is 5.49. The van der Waals surface area contributed by atoms with E-state index < -0.39 is 24.0 Å². The van der Waals surface area contributed by atoms with Crippen LogP contribution < -0.4 is 5.32 Å².